The molecule has 0 N–H and O–H groups in total. The average Bonchev–Trinajstić information content (AvgIpc) is 3.40. The summed E-state index contributed by atoms with van der Waals surface area (Å²) in [5.41, 5.74) is 0.810. The highest BCUT2D eigenvalue weighted by atomic mass is 16.5. The molecule has 134 valence electrons. The number of carbonyl (C=O) groups excluding carboxylic acids is 1. The third-order valence-corrected chi connectivity index (χ3v) is 4.79. The first-order valence-corrected chi connectivity index (χ1v) is 9.10. The van der Waals surface area contributed by atoms with Gasteiger partial charge in [0, 0.05) is 32.1 Å². The lowest BCUT2D eigenvalue weighted by Gasteiger charge is -2.22. The maximum absolute atomic E-state index is 11.7. The van der Waals surface area contributed by atoms with Gasteiger partial charge in [-0.1, -0.05) is 0 Å². The summed E-state index contributed by atoms with van der Waals surface area (Å²) in [4.78, 5) is 16.1. The van der Waals surface area contributed by atoms with Crippen LogP contribution in [0.2, 0.25) is 0 Å². The quantitative estimate of drug-likeness (QED) is 0.751. The number of carbonyl (C=O) groups is 1. The van der Waals surface area contributed by atoms with Crippen molar-refractivity contribution in [2.24, 2.45) is 0 Å². The zero-order chi connectivity index (χ0) is 17.2. The van der Waals surface area contributed by atoms with E-state index in [4.69, 9.17) is 9.84 Å². The molecule has 0 spiro atoms. The van der Waals surface area contributed by atoms with Gasteiger partial charge in [0.25, 0.3) is 0 Å². The molecule has 2 aromatic rings. The molecule has 0 amide bonds. The minimum atomic E-state index is -0.144. The van der Waals surface area contributed by atoms with Gasteiger partial charge in [0.2, 0.25) is 0 Å². The first-order valence-electron chi connectivity index (χ1n) is 9.10. The smallest absolute Gasteiger partial charge is 0.320 e. The van der Waals surface area contributed by atoms with Crippen LogP contribution in [0.1, 0.15) is 37.9 Å². The van der Waals surface area contributed by atoms with Crippen LogP contribution in [-0.2, 0) is 9.53 Å². The van der Waals surface area contributed by atoms with E-state index in [1.165, 1.54) is 12.8 Å². The Bertz CT molecular complexity index is 757. The molecular weight excluding hydrogens is 320 g/mol. The number of rotatable bonds is 5. The third-order valence-electron chi connectivity index (χ3n) is 4.79. The summed E-state index contributed by atoms with van der Waals surface area (Å²) < 4.78 is 6.95. The molecule has 3 heterocycles. The molecule has 1 saturated carbocycles. The van der Waals surface area contributed by atoms with E-state index in [0.717, 1.165) is 49.9 Å². The maximum atomic E-state index is 11.7. The van der Waals surface area contributed by atoms with Crippen molar-refractivity contribution in [3.63, 3.8) is 0 Å². The van der Waals surface area contributed by atoms with Gasteiger partial charge in [-0.15, -0.1) is 15.3 Å². The largest absolute Gasteiger partial charge is 0.465 e. The molecule has 0 radical (unpaired) electrons. The Morgan fingerprint density at radius 1 is 1.20 bits per heavy atom. The minimum Gasteiger partial charge on any atom is -0.465 e. The second kappa shape index (κ2) is 6.95. The number of anilines is 1. The molecule has 2 aliphatic rings. The van der Waals surface area contributed by atoms with Crippen molar-refractivity contribution in [2.45, 2.75) is 32.1 Å². The molecule has 4 rings (SSSR count). The summed E-state index contributed by atoms with van der Waals surface area (Å²) in [5.74, 6) is 2.30. The zero-order valence-electron chi connectivity index (χ0n) is 14.6. The highest BCUT2D eigenvalue weighted by Gasteiger charge is 2.29. The van der Waals surface area contributed by atoms with Gasteiger partial charge >= 0.3 is 5.97 Å². The highest BCUT2D eigenvalue weighted by Crippen LogP contribution is 2.38. The van der Waals surface area contributed by atoms with E-state index in [9.17, 15) is 4.79 Å². The Kier molecular flexibility index (Phi) is 4.52. The van der Waals surface area contributed by atoms with Crippen LogP contribution in [0, 0.1) is 0 Å². The predicted octanol–water partition coefficient (Wildman–Crippen LogP) is 1.08. The molecule has 8 nitrogen and oxygen atoms in total. The van der Waals surface area contributed by atoms with Gasteiger partial charge in [0.1, 0.15) is 5.82 Å². The topological polar surface area (TPSA) is 75.9 Å². The SMILES string of the molecule is CCOC(=O)CN1CCCN(c2ccc3nnc(C4CC4)n3n2)CC1. The van der Waals surface area contributed by atoms with Crippen LogP contribution in [0.4, 0.5) is 5.82 Å². The Morgan fingerprint density at radius 3 is 2.88 bits per heavy atom. The molecule has 0 atom stereocenters. The molecule has 25 heavy (non-hydrogen) atoms. The number of nitrogens with zero attached hydrogens (tertiary/aromatic N) is 6. The molecule has 2 fully saturated rings. The second-order valence-electron chi connectivity index (χ2n) is 6.72. The van der Waals surface area contributed by atoms with E-state index in [1.807, 2.05) is 23.6 Å². The van der Waals surface area contributed by atoms with Gasteiger partial charge in [-0.2, -0.15) is 4.52 Å². The van der Waals surface area contributed by atoms with Crippen LogP contribution in [0.3, 0.4) is 0 Å². The highest BCUT2D eigenvalue weighted by molar-refractivity contribution is 5.71. The Hall–Kier alpha value is -2.22. The molecule has 0 unspecified atom stereocenters. The molecule has 2 aromatic heterocycles. The van der Waals surface area contributed by atoms with Gasteiger partial charge in [-0.3, -0.25) is 9.69 Å². The third kappa shape index (κ3) is 3.58. The summed E-state index contributed by atoms with van der Waals surface area (Å²) >= 11 is 0. The Labute approximate surface area is 146 Å². The number of aromatic nitrogens is 4. The number of hydrogen-bond donors (Lipinski definition) is 0. The zero-order valence-corrected chi connectivity index (χ0v) is 14.6. The first kappa shape index (κ1) is 16.3. The summed E-state index contributed by atoms with van der Waals surface area (Å²) in [6.07, 6.45) is 3.36. The lowest BCUT2D eigenvalue weighted by atomic mass is 10.3. The molecule has 1 aliphatic carbocycles. The fourth-order valence-electron chi connectivity index (χ4n) is 3.31. The first-order chi connectivity index (χ1) is 12.2. The number of ether oxygens (including phenoxy) is 1. The van der Waals surface area contributed by atoms with Gasteiger partial charge < -0.3 is 9.64 Å². The summed E-state index contributed by atoms with van der Waals surface area (Å²) in [6.45, 7) is 6.15. The van der Waals surface area contributed by atoms with E-state index in [2.05, 4.69) is 20.0 Å². The van der Waals surface area contributed by atoms with Crippen molar-refractivity contribution in [3.8, 4) is 0 Å². The normalized spacial score (nSPS) is 19.2. The Balaban J connectivity index is 1.45. The molecule has 0 bridgehead atoms. The van der Waals surface area contributed by atoms with Crippen molar-refractivity contribution >= 4 is 17.4 Å². The van der Waals surface area contributed by atoms with Crippen LogP contribution >= 0.6 is 0 Å². The van der Waals surface area contributed by atoms with Crippen molar-refractivity contribution in [3.05, 3.63) is 18.0 Å². The van der Waals surface area contributed by atoms with E-state index in [-0.39, 0.29) is 5.97 Å². The summed E-state index contributed by atoms with van der Waals surface area (Å²) in [6, 6.07) is 4.00. The van der Waals surface area contributed by atoms with E-state index in [0.29, 0.717) is 19.1 Å². The molecule has 8 heteroatoms. The predicted molar refractivity (Wildman–Crippen MR) is 92.7 cm³/mol. The summed E-state index contributed by atoms with van der Waals surface area (Å²) in [7, 11) is 0. The van der Waals surface area contributed by atoms with Gasteiger partial charge in [0.15, 0.2) is 11.5 Å². The van der Waals surface area contributed by atoms with Crippen LogP contribution < -0.4 is 4.90 Å². The van der Waals surface area contributed by atoms with E-state index >= 15 is 0 Å². The number of fused-ring (bicyclic) bond motifs is 1. The number of hydrogen-bond acceptors (Lipinski definition) is 7. The maximum Gasteiger partial charge on any atom is 0.320 e. The lowest BCUT2D eigenvalue weighted by molar-refractivity contribution is -0.144. The molecular formula is C17H24N6O2. The molecule has 1 aliphatic heterocycles. The molecule has 1 saturated heterocycles. The van der Waals surface area contributed by atoms with Crippen molar-refractivity contribution in [1.82, 2.24) is 24.7 Å². The van der Waals surface area contributed by atoms with Gasteiger partial charge in [-0.05, 0) is 38.3 Å². The lowest BCUT2D eigenvalue weighted by Crippen LogP contribution is -2.35. The van der Waals surface area contributed by atoms with Crippen LogP contribution in [0.25, 0.3) is 5.65 Å². The van der Waals surface area contributed by atoms with E-state index in [1.54, 1.807) is 0 Å². The summed E-state index contributed by atoms with van der Waals surface area (Å²) in [5, 5.41) is 13.3. The number of esters is 1. The monoisotopic (exact) mass is 344 g/mol. The van der Waals surface area contributed by atoms with Crippen LogP contribution in [0.5, 0.6) is 0 Å². The minimum absolute atomic E-state index is 0.144. The second-order valence-corrected chi connectivity index (χ2v) is 6.72. The van der Waals surface area contributed by atoms with Gasteiger partial charge in [0.05, 0.1) is 13.2 Å². The van der Waals surface area contributed by atoms with Crippen LogP contribution in [0.15, 0.2) is 12.1 Å². The Morgan fingerprint density at radius 2 is 2.08 bits per heavy atom. The molecule has 0 aromatic carbocycles. The van der Waals surface area contributed by atoms with Crippen LogP contribution in [-0.4, -0.2) is 70.0 Å². The fraction of sp³-hybridized carbons (Fsp3) is 0.647. The van der Waals surface area contributed by atoms with Crippen molar-refractivity contribution in [1.29, 1.82) is 0 Å². The van der Waals surface area contributed by atoms with Crippen molar-refractivity contribution in [2.75, 3.05) is 44.2 Å². The van der Waals surface area contributed by atoms with E-state index < -0.39 is 0 Å². The van der Waals surface area contributed by atoms with Crippen molar-refractivity contribution < 1.29 is 9.53 Å². The standard InChI is InChI=1S/C17H24N6O2/c1-2-25-16(24)12-21-8-3-9-22(11-10-21)15-7-6-14-18-19-17(13-4-5-13)23(14)20-15/h6-7,13H,2-5,8-12H2,1H3. The van der Waals surface area contributed by atoms with Gasteiger partial charge in [-0.25, -0.2) is 0 Å². The fourth-order valence-corrected chi connectivity index (χ4v) is 3.31. The average molecular weight is 344 g/mol.